The van der Waals surface area contributed by atoms with Gasteiger partial charge < -0.3 is 4.90 Å². The van der Waals surface area contributed by atoms with E-state index in [1.807, 2.05) is 21.8 Å². The number of likely N-dealkylation sites (tertiary alicyclic amines) is 1. The number of hydrogen-bond donors (Lipinski definition) is 0. The van der Waals surface area contributed by atoms with Gasteiger partial charge in [0.25, 0.3) is 5.91 Å². The Morgan fingerprint density at radius 2 is 2.08 bits per heavy atom. The summed E-state index contributed by atoms with van der Waals surface area (Å²) < 4.78 is 1.88. The fourth-order valence-electron chi connectivity index (χ4n) is 2.94. The van der Waals surface area contributed by atoms with Crippen LogP contribution in [0.1, 0.15) is 22.5 Å². The van der Waals surface area contributed by atoms with E-state index in [2.05, 4.69) is 20.1 Å². The van der Waals surface area contributed by atoms with E-state index in [4.69, 9.17) is 0 Å². The average molecular weight is 340 g/mol. The summed E-state index contributed by atoms with van der Waals surface area (Å²) in [6.07, 6.45) is 10.7. The minimum Gasteiger partial charge on any atom is -0.333 e. The van der Waals surface area contributed by atoms with Gasteiger partial charge in [-0.2, -0.15) is 5.10 Å². The number of carbonyl (C=O) groups is 1. The molecule has 0 radical (unpaired) electrons. The quantitative estimate of drug-likeness (QED) is 0.727. The van der Waals surface area contributed by atoms with Crippen LogP contribution < -0.4 is 0 Å². The first-order chi connectivity index (χ1) is 11.8. The van der Waals surface area contributed by atoms with E-state index in [1.165, 1.54) is 11.3 Å². The van der Waals surface area contributed by atoms with Crippen LogP contribution in [0.5, 0.6) is 0 Å². The van der Waals surface area contributed by atoms with E-state index in [-0.39, 0.29) is 11.9 Å². The van der Waals surface area contributed by atoms with Gasteiger partial charge in [0.1, 0.15) is 4.88 Å². The van der Waals surface area contributed by atoms with Gasteiger partial charge in [-0.1, -0.05) is 0 Å². The largest absolute Gasteiger partial charge is 0.333 e. The molecule has 1 amide bonds. The fraction of sp³-hybridized carbons (Fsp3) is 0.312. The van der Waals surface area contributed by atoms with Crippen molar-refractivity contribution in [1.82, 2.24) is 29.6 Å². The van der Waals surface area contributed by atoms with E-state index in [1.54, 1.807) is 30.9 Å². The minimum absolute atomic E-state index is 0.0318. The van der Waals surface area contributed by atoms with Crippen LogP contribution in [0.15, 0.2) is 43.1 Å². The number of aromatic nitrogens is 5. The molecular formula is C16H16N6OS. The Morgan fingerprint density at radius 3 is 2.88 bits per heavy atom. The molecule has 8 heteroatoms. The first-order valence-electron chi connectivity index (χ1n) is 7.83. The summed E-state index contributed by atoms with van der Waals surface area (Å²) in [6.45, 7) is 1.51. The maximum atomic E-state index is 12.9. The lowest BCUT2D eigenvalue weighted by atomic mass is 10.2. The van der Waals surface area contributed by atoms with Gasteiger partial charge in [-0.15, -0.1) is 11.3 Å². The topological polar surface area (TPSA) is 76.8 Å². The maximum absolute atomic E-state index is 12.9. The van der Waals surface area contributed by atoms with Gasteiger partial charge in [0.05, 0.1) is 18.8 Å². The zero-order valence-electron chi connectivity index (χ0n) is 12.9. The number of rotatable bonds is 4. The number of nitrogens with zero attached hydrogens (tertiary/aromatic N) is 6. The van der Waals surface area contributed by atoms with Crippen molar-refractivity contribution >= 4 is 17.2 Å². The van der Waals surface area contributed by atoms with Crippen LogP contribution in [0.4, 0.5) is 0 Å². The summed E-state index contributed by atoms with van der Waals surface area (Å²) in [7, 11) is 0. The first kappa shape index (κ1) is 14.9. The summed E-state index contributed by atoms with van der Waals surface area (Å²) in [5.41, 5.74) is 0. The van der Waals surface area contributed by atoms with Crippen molar-refractivity contribution in [2.75, 3.05) is 6.54 Å². The first-order valence-corrected chi connectivity index (χ1v) is 8.64. The molecule has 0 spiro atoms. The molecule has 4 rings (SSSR count). The average Bonchev–Trinajstić information content (AvgIpc) is 3.37. The van der Waals surface area contributed by atoms with Crippen molar-refractivity contribution in [3.63, 3.8) is 0 Å². The van der Waals surface area contributed by atoms with Gasteiger partial charge in [0.15, 0.2) is 10.8 Å². The van der Waals surface area contributed by atoms with Crippen molar-refractivity contribution in [1.29, 1.82) is 0 Å². The zero-order valence-corrected chi connectivity index (χ0v) is 13.8. The molecule has 3 aromatic heterocycles. The summed E-state index contributed by atoms with van der Waals surface area (Å²) in [4.78, 5) is 28.1. The predicted molar refractivity (Wildman–Crippen MR) is 89.4 cm³/mol. The molecule has 0 saturated carbocycles. The highest BCUT2D eigenvalue weighted by molar-refractivity contribution is 7.16. The van der Waals surface area contributed by atoms with Crippen LogP contribution in [0, 0.1) is 0 Å². The van der Waals surface area contributed by atoms with Gasteiger partial charge in [0, 0.05) is 31.3 Å². The van der Waals surface area contributed by atoms with Crippen molar-refractivity contribution in [2.24, 2.45) is 0 Å². The molecule has 7 nitrogen and oxygen atoms in total. The van der Waals surface area contributed by atoms with Crippen molar-refractivity contribution in [2.45, 2.75) is 25.4 Å². The highest BCUT2D eigenvalue weighted by atomic mass is 32.1. The third kappa shape index (κ3) is 2.92. The molecule has 122 valence electrons. The van der Waals surface area contributed by atoms with Gasteiger partial charge >= 0.3 is 0 Å². The molecule has 3 aromatic rings. The number of thiazole rings is 1. The van der Waals surface area contributed by atoms with E-state index in [0.29, 0.717) is 15.7 Å². The lowest BCUT2D eigenvalue weighted by Crippen LogP contribution is -2.37. The summed E-state index contributed by atoms with van der Waals surface area (Å²) >= 11 is 1.34. The second-order valence-electron chi connectivity index (χ2n) is 5.62. The highest BCUT2D eigenvalue weighted by Crippen LogP contribution is 2.26. The van der Waals surface area contributed by atoms with Crippen molar-refractivity contribution in [3.8, 4) is 10.8 Å². The fourth-order valence-corrected chi connectivity index (χ4v) is 3.77. The van der Waals surface area contributed by atoms with Gasteiger partial charge in [-0.05, 0) is 25.0 Å². The zero-order chi connectivity index (χ0) is 16.4. The molecule has 0 N–H and O–H groups in total. The monoisotopic (exact) mass is 340 g/mol. The molecular weight excluding hydrogens is 324 g/mol. The molecule has 1 aliphatic rings. The Kier molecular flexibility index (Phi) is 4.04. The van der Waals surface area contributed by atoms with E-state index in [9.17, 15) is 4.79 Å². The van der Waals surface area contributed by atoms with Crippen molar-refractivity contribution < 1.29 is 4.79 Å². The van der Waals surface area contributed by atoms with Crippen molar-refractivity contribution in [3.05, 3.63) is 48.0 Å². The normalized spacial score (nSPS) is 17.3. The van der Waals surface area contributed by atoms with Crippen LogP contribution in [0.3, 0.4) is 0 Å². The second-order valence-corrected chi connectivity index (χ2v) is 6.66. The lowest BCUT2D eigenvalue weighted by Gasteiger charge is -2.24. The molecule has 1 aliphatic heterocycles. The van der Waals surface area contributed by atoms with Gasteiger partial charge in [-0.3, -0.25) is 9.48 Å². The van der Waals surface area contributed by atoms with E-state index >= 15 is 0 Å². The molecule has 0 unspecified atom stereocenters. The molecule has 1 fully saturated rings. The van der Waals surface area contributed by atoms with Crippen LogP contribution in [0.2, 0.25) is 0 Å². The molecule has 4 heterocycles. The van der Waals surface area contributed by atoms with Gasteiger partial charge in [0.2, 0.25) is 0 Å². The Balaban J connectivity index is 1.52. The van der Waals surface area contributed by atoms with Crippen LogP contribution in [-0.2, 0) is 6.54 Å². The third-order valence-electron chi connectivity index (χ3n) is 4.07. The molecule has 0 aliphatic carbocycles. The molecule has 1 atom stereocenters. The van der Waals surface area contributed by atoms with E-state index in [0.717, 1.165) is 25.9 Å². The summed E-state index contributed by atoms with van der Waals surface area (Å²) in [5.74, 6) is 0.584. The summed E-state index contributed by atoms with van der Waals surface area (Å²) in [5, 5.41) is 4.91. The smallest absolute Gasteiger partial charge is 0.265 e. The number of amides is 1. The van der Waals surface area contributed by atoms with Crippen LogP contribution >= 0.6 is 11.3 Å². The Bertz CT molecular complexity index is 816. The predicted octanol–water partition coefficient (Wildman–Crippen LogP) is 2.10. The lowest BCUT2D eigenvalue weighted by molar-refractivity contribution is 0.0726. The summed E-state index contributed by atoms with van der Waals surface area (Å²) in [6, 6.07) is 3.83. The third-order valence-corrected chi connectivity index (χ3v) is 5.05. The van der Waals surface area contributed by atoms with Crippen LogP contribution in [0.25, 0.3) is 10.8 Å². The molecule has 1 saturated heterocycles. The standard InChI is InChI=1S/C16H16N6OS/c23-16(13-10-19-15(24-13)14-17-5-2-6-18-14)22-9-1-4-12(22)11-21-8-3-7-20-21/h2-3,5-8,10,12H,1,4,9,11H2/t12-/m0/s1. The van der Waals surface area contributed by atoms with E-state index < -0.39 is 0 Å². The molecule has 0 aromatic carbocycles. The number of carbonyl (C=O) groups excluding carboxylic acids is 1. The second kappa shape index (κ2) is 6.48. The van der Waals surface area contributed by atoms with Gasteiger partial charge in [-0.25, -0.2) is 15.0 Å². The Labute approximate surface area is 143 Å². The molecule has 0 bridgehead atoms. The molecule has 24 heavy (non-hydrogen) atoms. The number of hydrogen-bond acceptors (Lipinski definition) is 6. The Morgan fingerprint density at radius 1 is 1.21 bits per heavy atom. The SMILES string of the molecule is O=C(c1cnc(-c2ncccn2)s1)N1CCC[C@H]1Cn1cccn1. The van der Waals surface area contributed by atoms with Crippen LogP contribution in [-0.4, -0.2) is 48.1 Å². The minimum atomic E-state index is 0.0318. The Hall–Kier alpha value is -2.61. The maximum Gasteiger partial charge on any atom is 0.265 e. The highest BCUT2D eigenvalue weighted by Gasteiger charge is 2.31.